The van der Waals surface area contributed by atoms with Crippen molar-refractivity contribution >= 4 is 0 Å². The number of methoxy groups -OCH3 is 1. The highest BCUT2D eigenvalue weighted by Gasteiger charge is 2.45. The van der Waals surface area contributed by atoms with Gasteiger partial charge in [-0.2, -0.15) is 0 Å². The molecule has 1 N–H and O–H groups in total. The molecule has 2 unspecified atom stereocenters. The van der Waals surface area contributed by atoms with E-state index in [2.05, 4.69) is 35.1 Å². The van der Waals surface area contributed by atoms with Gasteiger partial charge in [0.05, 0.1) is 7.11 Å². The van der Waals surface area contributed by atoms with E-state index in [1.165, 1.54) is 18.4 Å². The number of pyridine rings is 1. The first-order valence-electron chi connectivity index (χ1n) is 7.59. The van der Waals surface area contributed by atoms with E-state index in [0.717, 1.165) is 25.6 Å². The maximum atomic E-state index is 5.22. The summed E-state index contributed by atoms with van der Waals surface area (Å²) in [5.74, 6) is 1.57. The molecule has 2 atom stereocenters. The summed E-state index contributed by atoms with van der Waals surface area (Å²) in [5, 5.41) is 3.77. The minimum atomic E-state index is 0.295. The van der Waals surface area contributed by atoms with E-state index < -0.39 is 0 Å². The minimum Gasteiger partial charge on any atom is -0.481 e. The van der Waals surface area contributed by atoms with Crippen LogP contribution in [0.3, 0.4) is 0 Å². The number of piperazine rings is 1. The summed E-state index contributed by atoms with van der Waals surface area (Å²) >= 11 is 0. The lowest BCUT2D eigenvalue weighted by atomic mass is 9.91. The zero-order chi connectivity index (χ0) is 14.2. The van der Waals surface area contributed by atoms with Crippen LogP contribution in [0.4, 0.5) is 0 Å². The van der Waals surface area contributed by atoms with E-state index in [9.17, 15) is 0 Å². The van der Waals surface area contributed by atoms with Crippen molar-refractivity contribution in [3.8, 4) is 5.88 Å². The fourth-order valence-corrected chi connectivity index (χ4v) is 3.24. The SMILES string of the molecule is COc1cc(CN2CC(C)(C3CC3)NCC2C)ccn1. The third kappa shape index (κ3) is 2.81. The Morgan fingerprint density at radius 3 is 3.00 bits per heavy atom. The summed E-state index contributed by atoms with van der Waals surface area (Å²) in [4.78, 5) is 6.77. The van der Waals surface area contributed by atoms with Crippen LogP contribution in [-0.2, 0) is 6.54 Å². The average molecular weight is 275 g/mol. The normalized spacial score (nSPS) is 31.2. The summed E-state index contributed by atoms with van der Waals surface area (Å²) in [6, 6.07) is 4.70. The summed E-state index contributed by atoms with van der Waals surface area (Å²) in [6.45, 7) is 7.87. The Labute approximate surface area is 121 Å². The summed E-state index contributed by atoms with van der Waals surface area (Å²) < 4.78 is 5.22. The van der Waals surface area contributed by atoms with Gasteiger partial charge in [-0.25, -0.2) is 4.98 Å². The quantitative estimate of drug-likeness (QED) is 0.912. The van der Waals surface area contributed by atoms with Gasteiger partial charge in [-0.1, -0.05) is 0 Å². The molecular weight excluding hydrogens is 250 g/mol. The molecule has 1 aliphatic heterocycles. The second-order valence-electron chi connectivity index (χ2n) is 6.53. The van der Waals surface area contributed by atoms with E-state index in [4.69, 9.17) is 4.74 Å². The summed E-state index contributed by atoms with van der Waals surface area (Å²) in [6.07, 6.45) is 4.60. The van der Waals surface area contributed by atoms with Crippen molar-refractivity contribution in [3.05, 3.63) is 23.9 Å². The Bertz CT molecular complexity index is 475. The number of nitrogens with zero attached hydrogens (tertiary/aromatic N) is 2. The lowest BCUT2D eigenvalue weighted by molar-refractivity contribution is 0.0769. The monoisotopic (exact) mass is 275 g/mol. The van der Waals surface area contributed by atoms with E-state index in [1.807, 2.05) is 12.3 Å². The number of ether oxygens (including phenoxy) is 1. The molecule has 2 heterocycles. The van der Waals surface area contributed by atoms with E-state index in [0.29, 0.717) is 17.5 Å². The molecule has 1 aromatic heterocycles. The molecule has 4 nitrogen and oxygen atoms in total. The Kier molecular flexibility index (Phi) is 3.69. The van der Waals surface area contributed by atoms with Crippen LogP contribution in [0.2, 0.25) is 0 Å². The molecule has 0 radical (unpaired) electrons. The first-order chi connectivity index (χ1) is 9.60. The molecule has 110 valence electrons. The molecular formula is C16H25N3O. The smallest absolute Gasteiger partial charge is 0.213 e. The molecule has 1 saturated heterocycles. The summed E-state index contributed by atoms with van der Waals surface area (Å²) in [5.41, 5.74) is 1.58. The Morgan fingerprint density at radius 1 is 1.50 bits per heavy atom. The topological polar surface area (TPSA) is 37.4 Å². The highest BCUT2D eigenvalue weighted by atomic mass is 16.5. The van der Waals surface area contributed by atoms with Crippen molar-refractivity contribution in [3.63, 3.8) is 0 Å². The van der Waals surface area contributed by atoms with Crippen molar-refractivity contribution in [1.82, 2.24) is 15.2 Å². The fourth-order valence-electron chi connectivity index (χ4n) is 3.24. The Hall–Kier alpha value is -1.13. The first kappa shape index (κ1) is 13.8. The van der Waals surface area contributed by atoms with Crippen molar-refractivity contribution in [1.29, 1.82) is 0 Å². The van der Waals surface area contributed by atoms with Gasteiger partial charge in [0.15, 0.2) is 0 Å². The molecule has 3 rings (SSSR count). The van der Waals surface area contributed by atoms with Gasteiger partial charge in [-0.3, -0.25) is 4.90 Å². The zero-order valence-corrected chi connectivity index (χ0v) is 12.7. The number of rotatable bonds is 4. The van der Waals surface area contributed by atoms with Crippen LogP contribution in [-0.4, -0.2) is 41.7 Å². The molecule has 1 aliphatic carbocycles. The molecule has 0 amide bonds. The van der Waals surface area contributed by atoms with Crippen molar-refractivity contribution in [2.24, 2.45) is 5.92 Å². The predicted molar refractivity (Wildman–Crippen MR) is 79.8 cm³/mol. The molecule has 4 heteroatoms. The number of hydrogen-bond acceptors (Lipinski definition) is 4. The second kappa shape index (κ2) is 5.34. The number of aromatic nitrogens is 1. The van der Waals surface area contributed by atoms with E-state index in [1.54, 1.807) is 7.11 Å². The highest BCUT2D eigenvalue weighted by molar-refractivity contribution is 5.20. The van der Waals surface area contributed by atoms with Gasteiger partial charge >= 0.3 is 0 Å². The van der Waals surface area contributed by atoms with Gasteiger partial charge in [0.1, 0.15) is 0 Å². The van der Waals surface area contributed by atoms with Gasteiger partial charge in [0.2, 0.25) is 5.88 Å². The lowest BCUT2D eigenvalue weighted by Crippen LogP contribution is -2.62. The van der Waals surface area contributed by atoms with Gasteiger partial charge < -0.3 is 10.1 Å². The summed E-state index contributed by atoms with van der Waals surface area (Å²) in [7, 11) is 1.67. The van der Waals surface area contributed by atoms with Crippen molar-refractivity contribution < 1.29 is 4.74 Å². The lowest BCUT2D eigenvalue weighted by Gasteiger charge is -2.45. The van der Waals surface area contributed by atoms with Crippen LogP contribution >= 0.6 is 0 Å². The van der Waals surface area contributed by atoms with Gasteiger partial charge in [-0.15, -0.1) is 0 Å². The third-order valence-electron chi connectivity index (χ3n) is 4.83. The number of hydrogen-bond donors (Lipinski definition) is 1. The fraction of sp³-hybridized carbons (Fsp3) is 0.688. The van der Waals surface area contributed by atoms with Gasteiger partial charge in [0.25, 0.3) is 0 Å². The van der Waals surface area contributed by atoms with Crippen LogP contribution in [0.15, 0.2) is 18.3 Å². The molecule has 1 aromatic rings. The Balaban J connectivity index is 1.70. The maximum Gasteiger partial charge on any atom is 0.213 e. The highest BCUT2D eigenvalue weighted by Crippen LogP contribution is 2.41. The van der Waals surface area contributed by atoms with Crippen LogP contribution < -0.4 is 10.1 Å². The predicted octanol–water partition coefficient (Wildman–Crippen LogP) is 2.05. The molecule has 0 spiro atoms. The Morgan fingerprint density at radius 2 is 2.30 bits per heavy atom. The van der Waals surface area contributed by atoms with Gasteiger partial charge in [-0.05, 0) is 44.2 Å². The molecule has 0 aromatic carbocycles. The largest absolute Gasteiger partial charge is 0.481 e. The second-order valence-corrected chi connectivity index (χ2v) is 6.53. The van der Waals surface area contributed by atoms with Crippen LogP contribution in [0.25, 0.3) is 0 Å². The molecule has 0 bridgehead atoms. The average Bonchev–Trinajstić information content (AvgIpc) is 3.28. The zero-order valence-electron chi connectivity index (χ0n) is 12.7. The van der Waals surface area contributed by atoms with Gasteiger partial charge in [0, 0.05) is 43.5 Å². The van der Waals surface area contributed by atoms with E-state index in [-0.39, 0.29) is 0 Å². The standard InChI is InChI=1S/C16H25N3O/c1-12-9-18-16(2,14-4-5-14)11-19(12)10-13-6-7-17-15(8-13)20-3/h6-8,12,14,18H,4-5,9-11H2,1-3H3. The molecule has 2 aliphatic rings. The number of nitrogens with one attached hydrogen (secondary N) is 1. The first-order valence-corrected chi connectivity index (χ1v) is 7.59. The molecule has 20 heavy (non-hydrogen) atoms. The minimum absolute atomic E-state index is 0.295. The molecule has 2 fully saturated rings. The van der Waals surface area contributed by atoms with Crippen LogP contribution in [0, 0.1) is 5.92 Å². The van der Waals surface area contributed by atoms with Crippen molar-refractivity contribution in [2.45, 2.75) is 44.8 Å². The maximum absolute atomic E-state index is 5.22. The third-order valence-corrected chi connectivity index (χ3v) is 4.83. The molecule has 1 saturated carbocycles. The van der Waals surface area contributed by atoms with Crippen molar-refractivity contribution in [2.75, 3.05) is 20.2 Å². The van der Waals surface area contributed by atoms with Crippen LogP contribution in [0.1, 0.15) is 32.3 Å². The van der Waals surface area contributed by atoms with Crippen LogP contribution in [0.5, 0.6) is 5.88 Å². The van der Waals surface area contributed by atoms with E-state index >= 15 is 0 Å².